The van der Waals surface area contributed by atoms with Crippen LogP contribution in [0, 0.1) is 12.7 Å². The largest absolute Gasteiger partial charge is 0.497 e. The summed E-state index contributed by atoms with van der Waals surface area (Å²) in [4.78, 5) is 0. The van der Waals surface area contributed by atoms with Gasteiger partial charge in [-0.3, -0.25) is 0 Å². The van der Waals surface area contributed by atoms with Crippen LogP contribution in [0.3, 0.4) is 0 Å². The monoisotopic (exact) mass is 273 g/mol. The van der Waals surface area contributed by atoms with Crippen molar-refractivity contribution in [1.82, 2.24) is 5.32 Å². The zero-order valence-electron chi connectivity index (χ0n) is 12.1. The highest BCUT2D eigenvalue weighted by molar-refractivity contribution is 5.39. The minimum absolute atomic E-state index is 0.0124. The molecular weight excluding hydrogens is 253 g/mol. The molecule has 1 atom stereocenters. The molecule has 0 aliphatic carbocycles. The second kappa shape index (κ2) is 6.53. The van der Waals surface area contributed by atoms with E-state index >= 15 is 0 Å². The molecule has 2 aromatic rings. The van der Waals surface area contributed by atoms with E-state index in [1.54, 1.807) is 13.2 Å². The van der Waals surface area contributed by atoms with Gasteiger partial charge in [0.15, 0.2) is 0 Å². The standard InChI is InChI=1S/C17H20FNO/c1-4-19-17(13-6-9-15(20-3)10-7-13)16-11-14(18)8-5-12(16)2/h5-11,17,19H,4H2,1-3H3. The van der Waals surface area contributed by atoms with Crippen LogP contribution in [0.1, 0.15) is 29.7 Å². The minimum Gasteiger partial charge on any atom is -0.497 e. The van der Waals surface area contributed by atoms with Crippen LogP contribution in [0.4, 0.5) is 4.39 Å². The summed E-state index contributed by atoms with van der Waals surface area (Å²) in [6.45, 7) is 4.86. The van der Waals surface area contributed by atoms with E-state index in [9.17, 15) is 4.39 Å². The lowest BCUT2D eigenvalue weighted by Crippen LogP contribution is -2.22. The summed E-state index contributed by atoms with van der Waals surface area (Å²) in [6, 6.07) is 12.8. The highest BCUT2D eigenvalue weighted by Crippen LogP contribution is 2.27. The minimum atomic E-state index is -0.206. The molecule has 0 aromatic heterocycles. The van der Waals surface area contributed by atoms with Gasteiger partial charge in [-0.25, -0.2) is 4.39 Å². The average molecular weight is 273 g/mol. The summed E-state index contributed by atoms with van der Waals surface area (Å²) in [6.07, 6.45) is 0. The van der Waals surface area contributed by atoms with Gasteiger partial charge >= 0.3 is 0 Å². The fraction of sp³-hybridized carbons (Fsp3) is 0.294. The van der Waals surface area contributed by atoms with Gasteiger partial charge in [0, 0.05) is 0 Å². The molecule has 0 fully saturated rings. The maximum absolute atomic E-state index is 13.5. The molecule has 2 nitrogen and oxygen atoms in total. The van der Waals surface area contributed by atoms with Gasteiger partial charge in [-0.2, -0.15) is 0 Å². The predicted molar refractivity (Wildman–Crippen MR) is 79.7 cm³/mol. The molecule has 20 heavy (non-hydrogen) atoms. The molecule has 0 aliphatic rings. The van der Waals surface area contributed by atoms with Crippen molar-refractivity contribution >= 4 is 0 Å². The van der Waals surface area contributed by atoms with Crippen molar-refractivity contribution in [1.29, 1.82) is 0 Å². The molecule has 0 spiro atoms. The number of ether oxygens (including phenoxy) is 1. The lowest BCUT2D eigenvalue weighted by atomic mass is 9.94. The zero-order valence-corrected chi connectivity index (χ0v) is 12.1. The van der Waals surface area contributed by atoms with Crippen molar-refractivity contribution in [2.24, 2.45) is 0 Å². The number of rotatable bonds is 5. The molecule has 0 saturated heterocycles. The molecule has 0 radical (unpaired) electrons. The Morgan fingerprint density at radius 1 is 1.15 bits per heavy atom. The fourth-order valence-electron chi connectivity index (χ4n) is 2.33. The Balaban J connectivity index is 2.41. The third-order valence-corrected chi connectivity index (χ3v) is 3.41. The van der Waals surface area contributed by atoms with Gasteiger partial charge in [0.2, 0.25) is 0 Å². The number of hydrogen-bond donors (Lipinski definition) is 1. The molecule has 0 bridgehead atoms. The molecule has 3 heteroatoms. The van der Waals surface area contributed by atoms with Crippen molar-refractivity contribution in [2.45, 2.75) is 19.9 Å². The number of halogens is 1. The first kappa shape index (κ1) is 14.5. The average Bonchev–Trinajstić information content (AvgIpc) is 2.48. The molecule has 0 heterocycles. The van der Waals surface area contributed by atoms with Crippen LogP contribution in [0.5, 0.6) is 5.75 Å². The Morgan fingerprint density at radius 3 is 2.45 bits per heavy atom. The number of hydrogen-bond acceptors (Lipinski definition) is 2. The number of nitrogens with one attached hydrogen (secondary N) is 1. The Labute approximate surface area is 119 Å². The molecule has 0 aliphatic heterocycles. The van der Waals surface area contributed by atoms with Gasteiger partial charge in [-0.1, -0.05) is 25.1 Å². The van der Waals surface area contributed by atoms with Crippen LogP contribution in [-0.4, -0.2) is 13.7 Å². The normalized spacial score (nSPS) is 12.2. The molecule has 1 unspecified atom stereocenters. The predicted octanol–water partition coefficient (Wildman–Crippen LogP) is 3.84. The second-order valence-electron chi connectivity index (χ2n) is 4.76. The lowest BCUT2D eigenvalue weighted by Gasteiger charge is -2.21. The van der Waals surface area contributed by atoms with Crippen molar-refractivity contribution in [2.75, 3.05) is 13.7 Å². The quantitative estimate of drug-likeness (QED) is 0.893. The van der Waals surface area contributed by atoms with Gasteiger partial charge in [-0.05, 0) is 54.4 Å². The van der Waals surface area contributed by atoms with Crippen LogP contribution in [0.15, 0.2) is 42.5 Å². The zero-order chi connectivity index (χ0) is 14.5. The smallest absolute Gasteiger partial charge is 0.123 e. The summed E-state index contributed by atoms with van der Waals surface area (Å²) in [5.74, 6) is 0.613. The van der Waals surface area contributed by atoms with Crippen molar-refractivity contribution in [3.8, 4) is 5.75 Å². The first-order chi connectivity index (χ1) is 9.65. The van der Waals surface area contributed by atoms with Crippen LogP contribution >= 0.6 is 0 Å². The van der Waals surface area contributed by atoms with E-state index in [2.05, 4.69) is 5.32 Å². The van der Waals surface area contributed by atoms with Gasteiger partial charge in [0.25, 0.3) is 0 Å². The summed E-state index contributed by atoms with van der Waals surface area (Å²) in [5.41, 5.74) is 3.14. The third-order valence-electron chi connectivity index (χ3n) is 3.41. The fourth-order valence-corrected chi connectivity index (χ4v) is 2.33. The summed E-state index contributed by atoms with van der Waals surface area (Å²) in [7, 11) is 1.65. The molecule has 2 aromatic carbocycles. The lowest BCUT2D eigenvalue weighted by molar-refractivity contribution is 0.414. The van der Waals surface area contributed by atoms with Crippen LogP contribution in [0.25, 0.3) is 0 Å². The molecule has 106 valence electrons. The van der Waals surface area contributed by atoms with E-state index in [0.29, 0.717) is 0 Å². The SMILES string of the molecule is CCNC(c1ccc(OC)cc1)c1cc(F)ccc1C. The van der Waals surface area contributed by atoms with Gasteiger partial charge in [0.1, 0.15) is 11.6 Å². The van der Waals surface area contributed by atoms with Crippen LogP contribution < -0.4 is 10.1 Å². The van der Waals surface area contributed by atoms with E-state index in [0.717, 1.165) is 29.0 Å². The van der Waals surface area contributed by atoms with Crippen molar-refractivity contribution in [3.63, 3.8) is 0 Å². The van der Waals surface area contributed by atoms with Gasteiger partial charge in [-0.15, -0.1) is 0 Å². The van der Waals surface area contributed by atoms with Crippen molar-refractivity contribution in [3.05, 3.63) is 65.0 Å². The highest BCUT2D eigenvalue weighted by atomic mass is 19.1. The molecule has 1 N–H and O–H groups in total. The van der Waals surface area contributed by atoms with E-state index in [1.807, 2.05) is 44.2 Å². The van der Waals surface area contributed by atoms with Crippen LogP contribution in [0.2, 0.25) is 0 Å². The topological polar surface area (TPSA) is 21.3 Å². The maximum atomic E-state index is 13.5. The van der Waals surface area contributed by atoms with E-state index < -0.39 is 0 Å². The molecule has 0 amide bonds. The first-order valence-corrected chi connectivity index (χ1v) is 6.79. The summed E-state index contributed by atoms with van der Waals surface area (Å²) in [5, 5.41) is 3.41. The third kappa shape index (κ3) is 3.17. The van der Waals surface area contributed by atoms with E-state index in [1.165, 1.54) is 6.07 Å². The van der Waals surface area contributed by atoms with Crippen molar-refractivity contribution < 1.29 is 9.13 Å². The number of methoxy groups -OCH3 is 1. The van der Waals surface area contributed by atoms with E-state index in [-0.39, 0.29) is 11.9 Å². The van der Waals surface area contributed by atoms with E-state index in [4.69, 9.17) is 4.74 Å². The maximum Gasteiger partial charge on any atom is 0.123 e. The second-order valence-corrected chi connectivity index (χ2v) is 4.76. The molecular formula is C17H20FNO. The van der Waals surface area contributed by atoms with Crippen LogP contribution in [-0.2, 0) is 0 Å². The Morgan fingerprint density at radius 2 is 1.85 bits per heavy atom. The Kier molecular flexibility index (Phi) is 4.74. The summed E-state index contributed by atoms with van der Waals surface area (Å²) >= 11 is 0. The summed E-state index contributed by atoms with van der Waals surface area (Å²) < 4.78 is 18.7. The Bertz CT molecular complexity index is 566. The highest BCUT2D eigenvalue weighted by Gasteiger charge is 2.16. The van der Waals surface area contributed by atoms with Gasteiger partial charge < -0.3 is 10.1 Å². The number of benzene rings is 2. The van der Waals surface area contributed by atoms with Gasteiger partial charge in [0.05, 0.1) is 13.2 Å². The molecule has 0 saturated carbocycles. The Hall–Kier alpha value is -1.87. The first-order valence-electron chi connectivity index (χ1n) is 6.79. The molecule has 2 rings (SSSR count). The number of aryl methyl sites for hydroxylation is 1.